The molecule has 4 aromatic rings. The van der Waals surface area contributed by atoms with Crippen molar-refractivity contribution in [3.63, 3.8) is 0 Å². The van der Waals surface area contributed by atoms with Gasteiger partial charge in [-0.3, -0.25) is 4.68 Å². The minimum atomic E-state index is -0.119. The van der Waals surface area contributed by atoms with Gasteiger partial charge in [0.15, 0.2) is 5.82 Å². The Morgan fingerprint density at radius 2 is 1.86 bits per heavy atom. The Balaban J connectivity index is 1.62. The number of ether oxygens (including phenoxy) is 3. The van der Waals surface area contributed by atoms with Gasteiger partial charge >= 0.3 is 0 Å². The van der Waals surface area contributed by atoms with Crippen molar-refractivity contribution in [3.8, 4) is 22.9 Å². The lowest BCUT2D eigenvalue weighted by Gasteiger charge is -2.18. The summed E-state index contributed by atoms with van der Waals surface area (Å²) in [5, 5.41) is 12.3. The molecule has 0 spiro atoms. The third kappa shape index (κ3) is 5.08. The van der Waals surface area contributed by atoms with E-state index in [1.54, 1.807) is 23.1 Å². The molecule has 4 heterocycles. The molecule has 5 rings (SSSR count). The summed E-state index contributed by atoms with van der Waals surface area (Å²) in [7, 11) is 4.89. The number of methoxy groups -OCH3 is 2. The number of benzene rings is 1. The van der Waals surface area contributed by atoms with Crippen molar-refractivity contribution in [2.75, 3.05) is 38.1 Å². The highest BCUT2D eigenvalue weighted by Crippen LogP contribution is 2.45. The molecule has 0 saturated carbocycles. The van der Waals surface area contributed by atoms with Gasteiger partial charge in [0.05, 0.1) is 73.0 Å². The Hall–Kier alpha value is -3.38. The number of pyridine rings is 1. The second-order valence-corrected chi connectivity index (χ2v) is 9.35. The van der Waals surface area contributed by atoms with E-state index in [1.807, 2.05) is 19.3 Å². The third-order valence-corrected chi connectivity index (χ3v) is 6.81. The summed E-state index contributed by atoms with van der Waals surface area (Å²) in [6.45, 7) is 1.49. The van der Waals surface area contributed by atoms with Crippen LogP contribution in [0.5, 0.6) is 11.5 Å². The topological polar surface area (TPSA) is 134 Å². The first-order valence-electron chi connectivity index (χ1n) is 11.5. The number of rotatable bonds is 8. The number of hydrogen-bond donors (Lipinski definition) is 3. The summed E-state index contributed by atoms with van der Waals surface area (Å²) in [4.78, 5) is 14.1. The first-order valence-corrected chi connectivity index (χ1v) is 12.2. The number of nitrogens with two attached hydrogens (primary N) is 1. The zero-order valence-corrected chi connectivity index (χ0v) is 22.0. The van der Waals surface area contributed by atoms with Crippen molar-refractivity contribution >= 4 is 45.7 Å². The molecule has 1 fully saturated rings. The number of nitrogens with zero attached hydrogens (tertiary/aromatic N) is 5. The third-order valence-electron chi connectivity index (χ3n) is 6.06. The van der Waals surface area contributed by atoms with E-state index in [2.05, 4.69) is 20.7 Å². The molecule has 3 aromatic heterocycles. The molecule has 1 aliphatic heterocycles. The van der Waals surface area contributed by atoms with Crippen molar-refractivity contribution in [2.24, 2.45) is 12.8 Å². The van der Waals surface area contributed by atoms with Crippen molar-refractivity contribution in [1.82, 2.24) is 24.7 Å². The predicted octanol–water partition coefficient (Wildman–Crippen LogP) is 3.50. The van der Waals surface area contributed by atoms with E-state index in [4.69, 9.17) is 53.1 Å². The van der Waals surface area contributed by atoms with Gasteiger partial charge in [-0.05, 0) is 6.07 Å². The van der Waals surface area contributed by atoms with E-state index < -0.39 is 0 Å². The monoisotopic (exact) mass is 544 g/mol. The zero-order chi connectivity index (χ0) is 26.1. The van der Waals surface area contributed by atoms with Crippen LogP contribution in [0.4, 0.5) is 11.6 Å². The van der Waals surface area contributed by atoms with Crippen LogP contribution in [0.15, 0.2) is 30.7 Å². The second-order valence-electron chi connectivity index (χ2n) is 8.59. The molecule has 0 unspecified atom stereocenters. The summed E-state index contributed by atoms with van der Waals surface area (Å²) in [6, 6.07) is 3.34. The number of fused-ring (bicyclic) bond motifs is 1. The molecule has 37 heavy (non-hydrogen) atoms. The van der Waals surface area contributed by atoms with Gasteiger partial charge in [-0.2, -0.15) is 5.10 Å². The van der Waals surface area contributed by atoms with E-state index in [9.17, 15) is 0 Å². The average Bonchev–Trinajstić information content (AvgIpc) is 3.50. The van der Waals surface area contributed by atoms with E-state index in [0.717, 1.165) is 10.9 Å². The first kappa shape index (κ1) is 25.3. The molecule has 11 nitrogen and oxygen atoms in total. The molecule has 194 valence electrons. The maximum Gasteiger partial charge on any atom is 0.165 e. The van der Waals surface area contributed by atoms with Crippen molar-refractivity contribution in [2.45, 2.75) is 18.6 Å². The van der Waals surface area contributed by atoms with E-state index in [1.165, 1.54) is 14.2 Å². The first-order chi connectivity index (χ1) is 17.9. The normalized spacial score (nSPS) is 17.2. The molecule has 2 atom stereocenters. The fraction of sp³-hybridized carbons (Fsp3) is 0.333. The van der Waals surface area contributed by atoms with Crippen LogP contribution >= 0.6 is 23.2 Å². The lowest BCUT2D eigenvalue weighted by atomic mass is 10.1. The van der Waals surface area contributed by atoms with Gasteiger partial charge in [0.25, 0.3) is 0 Å². The van der Waals surface area contributed by atoms with Crippen molar-refractivity contribution < 1.29 is 14.2 Å². The molecule has 0 radical (unpaired) electrons. The van der Waals surface area contributed by atoms with Crippen molar-refractivity contribution in [1.29, 1.82) is 0 Å². The van der Waals surface area contributed by atoms with Gasteiger partial charge in [0.1, 0.15) is 23.1 Å². The van der Waals surface area contributed by atoms with Gasteiger partial charge in [0.2, 0.25) is 0 Å². The summed E-state index contributed by atoms with van der Waals surface area (Å²) < 4.78 is 18.1. The number of aryl methyl sites for hydroxylation is 1. The molecular weight excluding hydrogens is 519 g/mol. The van der Waals surface area contributed by atoms with E-state index in [0.29, 0.717) is 59.8 Å². The SMILES string of the molecule is COc1cc(OC)c(Cl)c(-c2nc(NCc3cnn(C)c3)c3cc(N[C@@H]4COC[C@@H]4N)ncc3n2)c1Cl. The minimum Gasteiger partial charge on any atom is -0.495 e. The van der Waals surface area contributed by atoms with Crippen LogP contribution in [-0.4, -0.2) is 64.2 Å². The summed E-state index contributed by atoms with van der Waals surface area (Å²) in [6.07, 6.45) is 5.38. The highest BCUT2D eigenvalue weighted by Gasteiger charge is 2.26. The zero-order valence-electron chi connectivity index (χ0n) is 20.5. The lowest BCUT2D eigenvalue weighted by molar-refractivity contribution is 0.192. The molecule has 0 aliphatic carbocycles. The van der Waals surface area contributed by atoms with Crippen LogP contribution in [0.3, 0.4) is 0 Å². The van der Waals surface area contributed by atoms with Crippen LogP contribution < -0.4 is 25.8 Å². The van der Waals surface area contributed by atoms with Crippen LogP contribution in [0.1, 0.15) is 5.56 Å². The molecule has 1 aromatic carbocycles. The smallest absolute Gasteiger partial charge is 0.165 e. The predicted molar refractivity (Wildman–Crippen MR) is 143 cm³/mol. The highest BCUT2D eigenvalue weighted by atomic mass is 35.5. The molecule has 0 amide bonds. The fourth-order valence-electron chi connectivity index (χ4n) is 4.10. The van der Waals surface area contributed by atoms with Crippen molar-refractivity contribution in [3.05, 3.63) is 46.3 Å². The van der Waals surface area contributed by atoms with Gasteiger partial charge < -0.3 is 30.6 Å². The Kier molecular flexibility index (Phi) is 7.20. The van der Waals surface area contributed by atoms with E-state index in [-0.39, 0.29) is 22.1 Å². The second kappa shape index (κ2) is 10.5. The quantitative estimate of drug-likeness (QED) is 0.302. The molecule has 1 aliphatic rings. The standard InChI is InChI=1S/C24H26Cl2N8O3/c1-34-9-12(7-30-34)6-29-23-13-4-19(31-16-11-37-10-14(16)27)28-8-15(13)32-24(33-23)20-21(25)17(35-2)5-18(36-3)22(20)26/h4-5,7-9,14,16H,6,10-11,27H2,1-3H3,(H,28,31)(H,29,32,33)/t14-,16+/m0/s1. The highest BCUT2D eigenvalue weighted by molar-refractivity contribution is 6.41. The molecule has 4 N–H and O–H groups in total. The number of hydrogen-bond acceptors (Lipinski definition) is 10. The van der Waals surface area contributed by atoms with Crippen LogP contribution in [-0.2, 0) is 18.3 Å². The average molecular weight is 545 g/mol. The fourth-order valence-corrected chi connectivity index (χ4v) is 4.77. The maximum absolute atomic E-state index is 6.67. The van der Waals surface area contributed by atoms with Crippen LogP contribution in [0.2, 0.25) is 10.0 Å². The molecule has 1 saturated heterocycles. The minimum absolute atomic E-state index is 0.0428. The lowest BCUT2D eigenvalue weighted by Crippen LogP contribution is -2.38. The Morgan fingerprint density at radius 1 is 1.11 bits per heavy atom. The van der Waals surface area contributed by atoms with Gasteiger partial charge in [-0.25, -0.2) is 15.0 Å². The number of anilines is 2. The maximum atomic E-state index is 6.67. The van der Waals surface area contributed by atoms with E-state index >= 15 is 0 Å². The molecule has 13 heteroatoms. The van der Waals surface area contributed by atoms with Crippen LogP contribution in [0, 0.1) is 0 Å². The molecule has 0 bridgehead atoms. The van der Waals surface area contributed by atoms with Gasteiger partial charge in [0, 0.05) is 36.8 Å². The largest absolute Gasteiger partial charge is 0.495 e. The Morgan fingerprint density at radius 3 is 2.49 bits per heavy atom. The van der Waals surface area contributed by atoms with Gasteiger partial charge in [-0.1, -0.05) is 23.2 Å². The van der Waals surface area contributed by atoms with Crippen LogP contribution in [0.25, 0.3) is 22.3 Å². The summed E-state index contributed by atoms with van der Waals surface area (Å²) in [5.41, 5.74) is 8.10. The van der Waals surface area contributed by atoms with Gasteiger partial charge in [-0.15, -0.1) is 0 Å². The molecular formula is C24H26Cl2N8O3. The number of aromatic nitrogens is 5. The number of nitrogens with one attached hydrogen (secondary N) is 2. The summed E-state index contributed by atoms with van der Waals surface area (Å²) in [5.74, 6) is 2.27. The Bertz CT molecular complexity index is 1420. The summed E-state index contributed by atoms with van der Waals surface area (Å²) >= 11 is 13.3. The number of halogens is 2. The Labute approximate surface area is 223 Å².